The highest BCUT2D eigenvalue weighted by Crippen LogP contribution is 2.23. The Labute approximate surface area is 103 Å². The van der Waals surface area contributed by atoms with Crippen LogP contribution >= 0.6 is 0 Å². The van der Waals surface area contributed by atoms with Crippen molar-refractivity contribution in [3.63, 3.8) is 0 Å². The zero-order valence-corrected chi connectivity index (χ0v) is 10.7. The predicted octanol–water partition coefficient (Wildman–Crippen LogP) is 1.94. The van der Waals surface area contributed by atoms with Gasteiger partial charge in [0.25, 0.3) is 0 Å². The lowest BCUT2D eigenvalue weighted by Gasteiger charge is -2.18. The molecule has 0 aromatic carbocycles. The first-order valence-corrected chi connectivity index (χ1v) is 6.51. The van der Waals surface area contributed by atoms with Gasteiger partial charge in [-0.2, -0.15) is 5.10 Å². The topological polar surface area (TPSA) is 47.3 Å². The van der Waals surface area contributed by atoms with E-state index in [1.54, 1.807) is 0 Å². The van der Waals surface area contributed by atoms with Crippen LogP contribution in [0.1, 0.15) is 44.8 Å². The average molecular weight is 238 g/mol. The quantitative estimate of drug-likeness (QED) is 0.852. The summed E-state index contributed by atoms with van der Waals surface area (Å²) in [5, 5.41) is 14.8. The molecule has 0 aliphatic carbocycles. The van der Waals surface area contributed by atoms with Crippen LogP contribution in [0.2, 0.25) is 0 Å². The average Bonchev–Trinajstić information content (AvgIpc) is 2.91. The normalized spacial score (nSPS) is 24.7. The highest BCUT2D eigenvalue weighted by atomic mass is 16.5. The molecule has 0 spiro atoms. The van der Waals surface area contributed by atoms with E-state index in [1.807, 2.05) is 16.9 Å². The molecule has 2 heterocycles. The second-order valence-electron chi connectivity index (χ2n) is 4.96. The summed E-state index contributed by atoms with van der Waals surface area (Å²) in [6, 6.07) is 2.48. The molecule has 1 aliphatic rings. The summed E-state index contributed by atoms with van der Waals surface area (Å²) in [6.07, 6.45) is 5.51. The fourth-order valence-electron chi connectivity index (χ4n) is 2.41. The van der Waals surface area contributed by atoms with Crippen molar-refractivity contribution in [3.05, 3.63) is 18.0 Å². The number of aromatic nitrogens is 2. The summed E-state index contributed by atoms with van der Waals surface area (Å²) in [4.78, 5) is 0. The second kappa shape index (κ2) is 5.19. The van der Waals surface area contributed by atoms with Gasteiger partial charge in [0.1, 0.15) is 0 Å². The summed E-state index contributed by atoms with van der Waals surface area (Å²) in [5.74, 6) is 0. The van der Waals surface area contributed by atoms with Crippen LogP contribution in [0.25, 0.3) is 0 Å². The van der Waals surface area contributed by atoms with Gasteiger partial charge in [-0.1, -0.05) is 13.8 Å². The fraction of sp³-hybridized carbons (Fsp3) is 0.769. The fourth-order valence-corrected chi connectivity index (χ4v) is 2.41. The molecule has 2 rings (SSSR count). The van der Waals surface area contributed by atoms with Crippen molar-refractivity contribution in [2.75, 3.05) is 13.2 Å². The Morgan fingerprint density at radius 2 is 2.29 bits per heavy atom. The van der Waals surface area contributed by atoms with Gasteiger partial charge in [0.05, 0.1) is 23.9 Å². The van der Waals surface area contributed by atoms with E-state index in [0.717, 1.165) is 18.5 Å². The number of ether oxygens (including phenoxy) is 1. The van der Waals surface area contributed by atoms with Crippen LogP contribution < -0.4 is 0 Å². The lowest BCUT2D eigenvalue weighted by atomic mass is 9.97. The molecular formula is C13H22N2O2. The lowest BCUT2D eigenvalue weighted by Crippen LogP contribution is -2.31. The highest BCUT2D eigenvalue weighted by Gasteiger charge is 2.33. The molecule has 1 fully saturated rings. The summed E-state index contributed by atoms with van der Waals surface area (Å²) in [5.41, 5.74) is 0.262. The number of hydrogen-bond acceptors (Lipinski definition) is 3. The molecule has 0 amide bonds. The van der Waals surface area contributed by atoms with E-state index in [9.17, 15) is 5.11 Å². The maximum Gasteiger partial charge on any atom is 0.0957 e. The van der Waals surface area contributed by atoms with Crippen molar-refractivity contribution in [3.8, 4) is 0 Å². The van der Waals surface area contributed by atoms with Gasteiger partial charge in [0.2, 0.25) is 0 Å². The van der Waals surface area contributed by atoms with E-state index in [1.165, 1.54) is 0 Å². The van der Waals surface area contributed by atoms with E-state index in [2.05, 4.69) is 18.9 Å². The molecule has 0 saturated carbocycles. The molecule has 17 heavy (non-hydrogen) atoms. The van der Waals surface area contributed by atoms with Crippen LogP contribution in [0.5, 0.6) is 0 Å². The Morgan fingerprint density at radius 3 is 2.88 bits per heavy atom. The molecule has 1 atom stereocenters. The molecule has 1 aliphatic heterocycles. The number of rotatable bonds is 5. The highest BCUT2D eigenvalue weighted by molar-refractivity contribution is 5.05. The Kier molecular flexibility index (Phi) is 3.84. The first kappa shape index (κ1) is 12.6. The zero-order valence-electron chi connectivity index (χ0n) is 10.7. The van der Waals surface area contributed by atoms with Gasteiger partial charge in [-0.3, -0.25) is 4.68 Å². The van der Waals surface area contributed by atoms with Crippen LogP contribution in [-0.4, -0.2) is 33.7 Å². The maximum atomic E-state index is 10.2. The summed E-state index contributed by atoms with van der Waals surface area (Å²) in [6.45, 7) is 5.44. The second-order valence-corrected chi connectivity index (χ2v) is 4.96. The molecule has 1 unspecified atom stereocenters. The summed E-state index contributed by atoms with van der Waals surface area (Å²) in [7, 11) is 0. The van der Waals surface area contributed by atoms with Gasteiger partial charge in [-0.15, -0.1) is 0 Å². The monoisotopic (exact) mass is 238 g/mol. The van der Waals surface area contributed by atoms with Crippen LogP contribution in [-0.2, 0) is 11.2 Å². The van der Waals surface area contributed by atoms with Crippen LogP contribution in [0.3, 0.4) is 0 Å². The third-order valence-electron chi connectivity index (χ3n) is 3.57. The van der Waals surface area contributed by atoms with Crippen molar-refractivity contribution >= 4 is 0 Å². The third kappa shape index (κ3) is 2.87. The van der Waals surface area contributed by atoms with Gasteiger partial charge >= 0.3 is 0 Å². The standard InChI is InChI=1S/C13H22N2O2/c1-3-12(4-2)15-7-5-11(14-15)9-13(16)6-8-17-10-13/h5,7,12,16H,3-4,6,8-10H2,1-2H3. The SMILES string of the molecule is CCC(CC)n1ccc(CC2(O)CCOC2)n1. The zero-order chi connectivity index (χ0) is 12.3. The first-order valence-electron chi connectivity index (χ1n) is 6.51. The minimum Gasteiger partial charge on any atom is -0.387 e. The molecule has 4 nitrogen and oxygen atoms in total. The molecule has 0 bridgehead atoms. The molecule has 4 heteroatoms. The lowest BCUT2D eigenvalue weighted by molar-refractivity contribution is 0.0261. The van der Waals surface area contributed by atoms with E-state index < -0.39 is 5.60 Å². The van der Waals surface area contributed by atoms with Crippen LogP contribution in [0.4, 0.5) is 0 Å². The van der Waals surface area contributed by atoms with E-state index in [4.69, 9.17) is 4.74 Å². The minimum absolute atomic E-state index is 0.435. The van der Waals surface area contributed by atoms with Gasteiger partial charge in [-0.05, 0) is 18.9 Å². The van der Waals surface area contributed by atoms with Gasteiger partial charge in [0, 0.05) is 25.6 Å². The number of nitrogens with zero attached hydrogens (tertiary/aromatic N) is 2. The van der Waals surface area contributed by atoms with Crippen molar-refractivity contribution < 1.29 is 9.84 Å². The van der Waals surface area contributed by atoms with E-state index in [-0.39, 0.29) is 0 Å². The van der Waals surface area contributed by atoms with Gasteiger partial charge < -0.3 is 9.84 Å². The van der Waals surface area contributed by atoms with Crippen molar-refractivity contribution in [1.29, 1.82) is 0 Å². The van der Waals surface area contributed by atoms with Crippen molar-refractivity contribution in [2.24, 2.45) is 0 Å². The van der Waals surface area contributed by atoms with E-state index >= 15 is 0 Å². The largest absolute Gasteiger partial charge is 0.387 e. The molecule has 0 radical (unpaired) electrons. The van der Waals surface area contributed by atoms with E-state index in [0.29, 0.717) is 32.1 Å². The molecule has 1 N–H and O–H groups in total. The van der Waals surface area contributed by atoms with Gasteiger partial charge in [0.15, 0.2) is 0 Å². The van der Waals surface area contributed by atoms with Crippen LogP contribution in [0.15, 0.2) is 12.3 Å². The Morgan fingerprint density at radius 1 is 1.53 bits per heavy atom. The number of hydrogen-bond donors (Lipinski definition) is 1. The molecular weight excluding hydrogens is 216 g/mol. The predicted molar refractivity (Wildman–Crippen MR) is 65.9 cm³/mol. The Balaban J connectivity index is 2.03. The summed E-state index contributed by atoms with van der Waals surface area (Å²) < 4.78 is 7.27. The Hall–Kier alpha value is -0.870. The first-order chi connectivity index (χ1) is 8.17. The maximum absolute atomic E-state index is 10.2. The summed E-state index contributed by atoms with van der Waals surface area (Å²) >= 11 is 0. The molecule has 1 aromatic rings. The van der Waals surface area contributed by atoms with Crippen molar-refractivity contribution in [2.45, 2.75) is 51.2 Å². The smallest absolute Gasteiger partial charge is 0.0957 e. The molecule has 96 valence electrons. The van der Waals surface area contributed by atoms with Crippen molar-refractivity contribution in [1.82, 2.24) is 9.78 Å². The third-order valence-corrected chi connectivity index (χ3v) is 3.57. The molecule has 1 saturated heterocycles. The Bertz CT molecular complexity index is 352. The van der Waals surface area contributed by atoms with Gasteiger partial charge in [-0.25, -0.2) is 0 Å². The van der Waals surface area contributed by atoms with Crippen LogP contribution in [0, 0.1) is 0 Å². The number of aliphatic hydroxyl groups is 1. The minimum atomic E-state index is -0.701. The molecule has 1 aromatic heterocycles.